The molecule has 0 bridgehead atoms. The maximum absolute atomic E-state index is 15.2. The fourth-order valence-electron chi connectivity index (χ4n) is 11.9. The third-order valence-corrected chi connectivity index (χ3v) is 17.5. The topological polar surface area (TPSA) is 260 Å². The van der Waals surface area contributed by atoms with Crippen molar-refractivity contribution in [3.8, 4) is 0 Å². The number of ketones is 4. The van der Waals surface area contributed by atoms with Crippen LogP contribution in [0.25, 0.3) is 0 Å². The summed E-state index contributed by atoms with van der Waals surface area (Å²) in [5.41, 5.74) is 0. The molecule has 1 aliphatic heterocycles. The van der Waals surface area contributed by atoms with Crippen LogP contribution < -0.4 is 5.32 Å². The maximum Gasteiger partial charge on any atom is 0.246 e. The number of rotatable bonds is 17. The van der Waals surface area contributed by atoms with Crippen molar-refractivity contribution in [2.24, 2.45) is 59.2 Å². The van der Waals surface area contributed by atoms with Gasteiger partial charge in [0.15, 0.2) is 17.3 Å². The summed E-state index contributed by atoms with van der Waals surface area (Å²) in [6.45, 7) is 29.6. The second kappa shape index (κ2) is 36.2. The standard InChI is InChI=1S/C66H116N8O13/c1-25-47-34-55(78)58(59(80)43(14)27-26-28-45(16)75)74(24)66(87)57(42(12)13)73(23)65(86)52(32-40(8)9)72(22)64(85)51(31-39(6)7)71(21)61(82)46(17)67-60(81)44(15)33-53(76)50(30-38(4)5)70(20)63(84)48(41(10)11)35-54(77)49(29-37(2)3)69(19)56(79)36-68(18)62(47)83/h37-44,46-52,57-59,80H,25-36H2,1-24H3,(H,67,81)/t43-,44-,46-,47-,48+,49+,50+,51+,52+,57+,58-,59-/m1/s1. The van der Waals surface area contributed by atoms with Crippen molar-refractivity contribution < 1.29 is 62.6 Å². The Kier molecular flexibility index (Phi) is 33.0. The van der Waals surface area contributed by atoms with Crippen LogP contribution in [-0.4, -0.2) is 214 Å². The summed E-state index contributed by atoms with van der Waals surface area (Å²) in [6, 6.07) is -8.26. The van der Waals surface area contributed by atoms with Gasteiger partial charge in [-0.15, -0.1) is 0 Å². The van der Waals surface area contributed by atoms with Crippen LogP contribution in [-0.2, 0) is 57.5 Å². The van der Waals surface area contributed by atoms with E-state index in [9.17, 15) is 53.1 Å². The number of hydrogen-bond donors (Lipinski definition) is 2. The average molecular weight is 1230 g/mol. The third kappa shape index (κ3) is 23.1. The summed E-state index contributed by atoms with van der Waals surface area (Å²) in [5, 5.41) is 15.0. The highest BCUT2D eigenvalue weighted by Gasteiger charge is 2.46. The zero-order chi connectivity index (χ0) is 67.6. The monoisotopic (exact) mass is 1230 g/mol. The lowest BCUT2D eigenvalue weighted by molar-refractivity contribution is -0.157. The van der Waals surface area contributed by atoms with E-state index in [-0.39, 0.29) is 80.8 Å². The first-order valence-electron chi connectivity index (χ1n) is 32.0. The fraction of sp³-hybridized carbons (Fsp3) is 0.818. The minimum atomic E-state index is -1.55. The summed E-state index contributed by atoms with van der Waals surface area (Å²) in [6.07, 6.45) is -0.686. The van der Waals surface area contributed by atoms with E-state index in [4.69, 9.17) is 0 Å². The first kappa shape index (κ1) is 79.4. The summed E-state index contributed by atoms with van der Waals surface area (Å²) in [5.74, 6) is -11.2. The molecule has 12 atom stereocenters. The van der Waals surface area contributed by atoms with Crippen molar-refractivity contribution in [2.45, 2.75) is 237 Å². The molecule has 87 heavy (non-hydrogen) atoms. The van der Waals surface area contributed by atoms with Crippen molar-refractivity contribution in [3.05, 3.63) is 0 Å². The van der Waals surface area contributed by atoms with Gasteiger partial charge < -0.3 is 49.5 Å². The van der Waals surface area contributed by atoms with Crippen LogP contribution in [0.3, 0.4) is 0 Å². The van der Waals surface area contributed by atoms with Gasteiger partial charge in [-0.25, -0.2) is 0 Å². The van der Waals surface area contributed by atoms with Gasteiger partial charge in [0.1, 0.15) is 36.0 Å². The summed E-state index contributed by atoms with van der Waals surface area (Å²) >= 11 is 0. The second-order valence-corrected chi connectivity index (χ2v) is 27.8. The molecule has 0 aromatic rings. The van der Waals surface area contributed by atoms with Gasteiger partial charge in [-0.2, -0.15) is 0 Å². The van der Waals surface area contributed by atoms with E-state index in [0.29, 0.717) is 12.8 Å². The smallest absolute Gasteiger partial charge is 0.246 e. The summed E-state index contributed by atoms with van der Waals surface area (Å²) in [4.78, 5) is 182. The van der Waals surface area contributed by atoms with Crippen LogP contribution in [0.15, 0.2) is 0 Å². The summed E-state index contributed by atoms with van der Waals surface area (Å²) in [7, 11) is 10.1. The number of Topliss-reactive ketones (excluding diaryl/α,β-unsaturated/α-hetero) is 4. The average Bonchev–Trinajstić information content (AvgIpc) is 1.19. The van der Waals surface area contributed by atoms with Crippen LogP contribution >= 0.6 is 0 Å². The quantitative estimate of drug-likeness (QED) is 0.161. The molecule has 0 spiro atoms. The molecule has 2 N–H and O–H groups in total. The number of aliphatic hydroxyl groups is 1. The lowest BCUT2D eigenvalue weighted by atomic mass is 9.84. The van der Waals surface area contributed by atoms with E-state index in [1.54, 1.807) is 48.5 Å². The van der Waals surface area contributed by atoms with E-state index in [1.165, 1.54) is 92.6 Å². The molecule has 1 saturated heterocycles. The first-order chi connectivity index (χ1) is 40.1. The second-order valence-electron chi connectivity index (χ2n) is 27.8. The van der Waals surface area contributed by atoms with Gasteiger partial charge in [0.2, 0.25) is 47.3 Å². The Morgan fingerprint density at radius 1 is 0.506 bits per heavy atom. The van der Waals surface area contributed by atoms with E-state index in [2.05, 4.69) is 5.32 Å². The highest BCUT2D eigenvalue weighted by molar-refractivity contribution is 5.99. The number of amides is 8. The molecule has 1 fully saturated rings. The number of nitrogens with zero attached hydrogens (tertiary/aromatic N) is 7. The molecule has 1 heterocycles. The van der Waals surface area contributed by atoms with E-state index < -0.39 is 161 Å². The Labute approximate surface area is 522 Å². The Balaban J connectivity index is 4.34. The normalized spacial score (nSPS) is 26.7. The van der Waals surface area contributed by atoms with Crippen molar-refractivity contribution in [1.29, 1.82) is 0 Å². The highest BCUT2D eigenvalue weighted by Crippen LogP contribution is 2.29. The molecule has 8 amide bonds. The molecule has 0 unspecified atom stereocenters. The molecule has 0 aliphatic carbocycles. The van der Waals surface area contributed by atoms with Crippen molar-refractivity contribution >= 4 is 70.4 Å². The maximum atomic E-state index is 15.2. The minimum Gasteiger partial charge on any atom is -0.390 e. The molecule has 0 saturated carbocycles. The fourth-order valence-corrected chi connectivity index (χ4v) is 11.9. The van der Waals surface area contributed by atoms with Crippen LogP contribution in [0.1, 0.15) is 188 Å². The number of likely N-dealkylation sites (N-methyl/N-ethyl adjacent to an activating group) is 7. The minimum absolute atomic E-state index is 0.0615. The molecular formula is C66H116N8O13. The van der Waals surface area contributed by atoms with Crippen molar-refractivity contribution in [1.82, 2.24) is 39.6 Å². The highest BCUT2D eigenvalue weighted by atomic mass is 16.3. The van der Waals surface area contributed by atoms with Crippen LogP contribution in [0, 0.1) is 59.2 Å². The van der Waals surface area contributed by atoms with Gasteiger partial charge in [-0.05, 0) is 100 Å². The van der Waals surface area contributed by atoms with Gasteiger partial charge in [0.05, 0.1) is 24.7 Å². The van der Waals surface area contributed by atoms with Crippen LogP contribution in [0.2, 0.25) is 0 Å². The van der Waals surface area contributed by atoms with Gasteiger partial charge in [0.25, 0.3) is 0 Å². The largest absolute Gasteiger partial charge is 0.390 e. The summed E-state index contributed by atoms with van der Waals surface area (Å²) < 4.78 is 0. The number of aliphatic hydroxyl groups excluding tert-OH is 1. The third-order valence-electron chi connectivity index (χ3n) is 17.5. The van der Waals surface area contributed by atoms with Crippen LogP contribution in [0.4, 0.5) is 0 Å². The number of hydrogen-bond acceptors (Lipinski definition) is 13. The Bertz CT molecular complexity index is 2370. The zero-order valence-electron chi connectivity index (χ0n) is 57.9. The molecule has 0 aromatic carbocycles. The lowest BCUT2D eigenvalue weighted by Crippen LogP contribution is -2.61. The molecule has 498 valence electrons. The van der Waals surface area contributed by atoms with E-state index >= 15 is 9.59 Å². The molecule has 1 rings (SSSR count). The molecular weight excluding hydrogens is 1110 g/mol. The van der Waals surface area contributed by atoms with Gasteiger partial charge >= 0.3 is 0 Å². The number of carbonyl (C=O) groups excluding carboxylic acids is 12. The van der Waals surface area contributed by atoms with E-state index in [0.717, 1.165) is 4.90 Å². The van der Waals surface area contributed by atoms with Crippen molar-refractivity contribution in [3.63, 3.8) is 0 Å². The molecule has 21 heteroatoms. The Hall–Kier alpha value is -5.60. The lowest BCUT2D eigenvalue weighted by Gasteiger charge is -2.41. The van der Waals surface area contributed by atoms with Gasteiger partial charge in [-0.1, -0.05) is 104 Å². The van der Waals surface area contributed by atoms with Crippen molar-refractivity contribution in [2.75, 3.05) is 55.9 Å². The SMILES string of the molecule is CC[C@@H]1CC(=O)[C@H]([C@H](O)[C@H](C)CCCC(C)=O)N(C)C(=O)[C@H](C(C)C)N(C)C(=O)[C@H](CC(C)C)N(C)C(=O)[C@H](CC(C)C)N(C)C(=O)[C@@H](C)NC(=O)[C@H](C)CC(=O)[C@H](CC(C)C)N(C)C(=O)[C@H](C(C)C)CC(=O)[C@H](CC(C)C)N(C)C(=O)CN(C)C1=O. The number of carbonyl (C=O) groups is 12. The molecule has 0 aromatic heterocycles. The van der Waals surface area contributed by atoms with Gasteiger partial charge in [0, 0.05) is 92.8 Å². The Morgan fingerprint density at radius 2 is 0.931 bits per heavy atom. The zero-order valence-corrected chi connectivity index (χ0v) is 57.9. The Morgan fingerprint density at radius 3 is 1.38 bits per heavy atom. The van der Waals surface area contributed by atoms with Crippen LogP contribution in [0.5, 0.6) is 0 Å². The predicted molar refractivity (Wildman–Crippen MR) is 337 cm³/mol. The molecule has 0 radical (unpaired) electrons. The number of nitrogens with one attached hydrogen (secondary N) is 1. The first-order valence-corrected chi connectivity index (χ1v) is 32.0. The van der Waals surface area contributed by atoms with E-state index in [1.807, 2.05) is 55.4 Å². The van der Waals surface area contributed by atoms with Gasteiger partial charge in [-0.3, -0.25) is 52.7 Å². The molecule has 21 nitrogen and oxygen atoms in total. The molecule has 1 aliphatic rings. The predicted octanol–water partition coefficient (Wildman–Crippen LogP) is 6.33.